The Hall–Kier alpha value is -1.88. The number of aliphatic hydroxyl groups excluding tert-OH is 1. The fraction of sp³-hybridized carbons (Fsp3) is 0.143. The van der Waals surface area contributed by atoms with E-state index in [0.717, 1.165) is 12.1 Å². The van der Waals surface area contributed by atoms with E-state index in [4.69, 9.17) is 5.11 Å². The molecule has 2 aromatic rings. The van der Waals surface area contributed by atoms with Gasteiger partial charge in [0.2, 0.25) is 0 Å². The number of halogens is 4. The lowest BCUT2D eigenvalue weighted by Crippen LogP contribution is -1.97. The molecule has 0 aliphatic carbocycles. The molecular formula is C14H10F4O. The van der Waals surface area contributed by atoms with Crippen molar-refractivity contribution in [2.45, 2.75) is 13.0 Å². The maximum Gasteiger partial charge on any atom is 0.266 e. The largest absolute Gasteiger partial charge is 0.392 e. The van der Waals surface area contributed by atoms with Crippen LogP contribution in [0.4, 0.5) is 17.6 Å². The average molecular weight is 270 g/mol. The normalized spacial score (nSPS) is 11.1. The lowest BCUT2D eigenvalue weighted by Gasteiger charge is -2.10. The predicted molar refractivity (Wildman–Crippen MR) is 62.7 cm³/mol. The summed E-state index contributed by atoms with van der Waals surface area (Å²) in [5.74, 6) is -2.16. The van der Waals surface area contributed by atoms with E-state index >= 15 is 0 Å². The monoisotopic (exact) mass is 270 g/mol. The number of hydrogen-bond donors (Lipinski definition) is 1. The third-order valence-electron chi connectivity index (χ3n) is 2.78. The van der Waals surface area contributed by atoms with Crippen LogP contribution in [-0.2, 0) is 6.61 Å². The van der Waals surface area contributed by atoms with Crippen LogP contribution in [0.2, 0.25) is 0 Å². The fourth-order valence-corrected chi connectivity index (χ4v) is 1.78. The van der Waals surface area contributed by atoms with Gasteiger partial charge in [0.25, 0.3) is 6.43 Å². The zero-order valence-corrected chi connectivity index (χ0v) is 9.71. The van der Waals surface area contributed by atoms with Crippen molar-refractivity contribution in [3.8, 4) is 11.1 Å². The SMILES string of the molecule is OCc1ccc(-c2c(F)ccc(C(F)F)c2F)cc1. The van der Waals surface area contributed by atoms with E-state index in [0.29, 0.717) is 5.56 Å². The molecule has 1 N–H and O–H groups in total. The van der Waals surface area contributed by atoms with Crippen molar-refractivity contribution in [2.24, 2.45) is 0 Å². The first kappa shape index (κ1) is 13.5. The molecule has 19 heavy (non-hydrogen) atoms. The average Bonchev–Trinajstić information content (AvgIpc) is 2.39. The molecule has 0 radical (unpaired) electrons. The maximum atomic E-state index is 13.9. The second kappa shape index (κ2) is 5.40. The second-order valence-corrected chi connectivity index (χ2v) is 3.98. The molecule has 0 aromatic heterocycles. The zero-order chi connectivity index (χ0) is 14.0. The molecular weight excluding hydrogens is 260 g/mol. The van der Waals surface area contributed by atoms with Crippen LogP contribution in [0.5, 0.6) is 0 Å². The highest BCUT2D eigenvalue weighted by atomic mass is 19.3. The molecule has 100 valence electrons. The Bertz CT molecular complexity index is 579. The summed E-state index contributed by atoms with van der Waals surface area (Å²) in [6.45, 7) is -0.206. The molecule has 0 saturated heterocycles. The molecule has 0 amide bonds. The van der Waals surface area contributed by atoms with Crippen molar-refractivity contribution in [3.63, 3.8) is 0 Å². The van der Waals surface area contributed by atoms with E-state index in [1.54, 1.807) is 0 Å². The summed E-state index contributed by atoms with van der Waals surface area (Å²) >= 11 is 0. The van der Waals surface area contributed by atoms with Gasteiger partial charge in [-0.25, -0.2) is 17.6 Å². The Kier molecular flexibility index (Phi) is 3.85. The summed E-state index contributed by atoms with van der Waals surface area (Å²) in [5, 5.41) is 8.88. The second-order valence-electron chi connectivity index (χ2n) is 3.98. The smallest absolute Gasteiger partial charge is 0.266 e. The highest BCUT2D eigenvalue weighted by molar-refractivity contribution is 5.66. The van der Waals surface area contributed by atoms with Crippen LogP contribution in [-0.4, -0.2) is 5.11 Å². The van der Waals surface area contributed by atoms with Gasteiger partial charge in [0.05, 0.1) is 17.7 Å². The van der Waals surface area contributed by atoms with Gasteiger partial charge in [-0.3, -0.25) is 0 Å². The molecule has 0 unspecified atom stereocenters. The summed E-state index contributed by atoms with van der Waals surface area (Å²) in [4.78, 5) is 0. The Morgan fingerprint density at radius 2 is 1.58 bits per heavy atom. The summed E-state index contributed by atoms with van der Waals surface area (Å²) in [6, 6.07) is 7.26. The molecule has 0 heterocycles. The molecule has 0 fully saturated rings. The quantitative estimate of drug-likeness (QED) is 0.834. The first-order chi connectivity index (χ1) is 9.04. The summed E-state index contributed by atoms with van der Waals surface area (Å²) in [5.41, 5.74) is -0.603. The number of aliphatic hydroxyl groups is 1. The molecule has 0 spiro atoms. The fourth-order valence-electron chi connectivity index (χ4n) is 1.78. The van der Waals surface area contributed by atoms with Crippen molar-refractivity contribution in [1.29, 1.82) is 0 Å². The Morgan fingerprint density at radius 3 is 2.11 bits per heavy atom. The van der Waals surface area contributed by atoms with Gasteiger partial charge in [-0.05, 0) is 23.3 Å². The van der Waals surface area contributed by atoms with Gasteiger partial charge in [-0.2, -0.15) is 0 Å². The van der Waals surface area contributed by atoms with Crippen LogP contribution < -0.4 is 0 Å². The van der Waals surface area contributed by atoms with Gasteiger partial charge in [0.1, 0.15) is 11.6 Å². The van der Waals surface area contributed by atoms with E-state index in [2.05, 4.69) is 0 Å². The van der Waals surface area contributed by atoms with Gasteiger partial charge >= 0.3 is 0 Å². The lowest BCUT2D eigenvalue weighted by atomic mass is 10.0. The molecule has 0 atom stereocenters. The highest BCUT2D eigenvalue weighted by Crippen LogP contribution is 2.32. The van der Waals surface area contributed by atoms with Crippen molar-refractivity contribution in [3.05, 3.63) is 59.2 Å². The molecule has 2 rings (SSSR count). The Balaban J connectivity index is 2.56. The number of rotatable bonds is 3. The lowest BCUT2D eigenvalue weighted by molar-refractivity contribution is 0.146. The van der Waals surface area contributed by atoms with Crippen LogP contribution in [0.3, 0.4) is 0 Å². The van der Waals surface area contributed by atoms with Crippen molar-refractivity contribution >= 4 is 0 Å². The van der Waals surface area contributed by atoms with E-state index in [1.165, 1.54) is 24.3 Å². The molecule has 0 saturated carbocycles. The van der Waals surface area contributed by atoms with Crippen LogP contribution in [0, 0.1) is 11.6 Å². The Labute approximate surface area is 107 Å². The van der Waals surface area contributed by atoms with Crippen LogP contribution in [0.25, 0.3) is 11.1 Å². The minimum atomic E-state index is -3.00. The number of alkyl halides is 2. The predicted octanol–water partition coefficient (Wildman–Crippen LogP) is 4.06. The van der Waals surface area contributed by atoms with Crippen LogP contribution in [0.15, 0.2) is 36.4 Å². The number of hydrogen-bond acceptors (Lipinski definition) is 1. The van der Waals surface area contributed by atoms with Gasteiger partial charge in [-0.1, -0.05) is 24.3 Å². The van der Waals surface area contributed by atoms with E-state index < -0.39 is 29.2 Å². The third kappa shape index (κ3) is 2.61. The highest BCUT2D eigenvalue weighted by Gasteiger charge is 2.20. The minimum absolute atomic E-state index is 0.148. The summed E-state index contributed by atoms with van der Waals surface area (Å²) in [7, 11) is 0. The van der Waals surface area contributed by atoms with Crippen LogP contribution in [0.1, 0.15) is 17.6 Å². The number of benzene rings is 2. The minimum Gasteiger partial charge on any atom is -0.392 e. The van der Waals surface area contributed by atoms with E-state index in [-0.39, 0.29) is 12.2 Å². The summed E-state index contributed by atoms with van der Waals surface area (Å²) < 4.78 is 52.7. The van der Waals surface area contributed by atoms with Crippen molar-refractivity contribution in [1.82, 2.24) is 0 Å². The van der Waals surface area contributed by atoms with Gasteiger partial charge < -0.3 is 5.11 Å². The molecule has 0 aliphatic rings. The molecule has 0 bridgehead atoms. The van der Waals surface area contributed by atoms with E-state index in [9.17, 15) is 17.6 Å². The standard InChI is InChI=1S/C14H10F4O/c15-11-6-5-10(14(17)18)13(16)12(11)9-3-1-8(7-19)2-4-9/h1-6,14,19H,7H2. The maximum absolute atomic E-state index is 13.9. The zero-order valence-electron chi connectivity index (χ0n) is 9.71. The Morgan fingerprint density at radius 1 is 0.947 bits per heavy atom. The van der Waals surface area contributed by atoms with Gasteiger partial charge in [-0.15, -0.1) is 0 Å². The third-order valence-corrected chi connectivity index (χ3v) is 2.78. The first-order valence-electron chi connectivity index (χ1n) is 5.50. The summed E-state index contributed by atoms with van der Waals surface area (Å²) in [6.07, 6.45) is -3.00. The molecule has 0 aliphatic heterocycles. The topological polar surface area (TPSA) is 20.2 Å². The molecule has 1 nitrogen and oxygen atoms in total. The molecule has 2 aromatic carbocycles. The van der Waals surface area contributed by atoms with E-state index in [1.807, 2.05) is 0 Å². The molecule has 5 heteroatoms. The van der Waals surface area contributed by atoms with Gasteiger partial charge in [0.15, 0.2) is 0 Å². The van der Waals surface area contributed by atoms with Crippen LogP contribution >= 0.6 is 0 Å². The van der Waals surface area contributed by atoms with Crippen molar-refractivity contribution < 1.29 is 22.7 Å². The van der Waals surface area contributed by atoms with Crippen molar-refractivity contribution in [2.75, 3.05) is 0 Å². The van der Waals surface area contributed by atoms with Gasteiger partial charge in [0, 0.05) is 0 Å². The first-order valence-corrected chi connectivity index (χ1v) is 5.50.